The number of hydrogen-bond acceptors (Lipinski definition) is 2. The largest absolute Gasteiger partial charge is 0.478 e. The molecular weight excluding hydrogens is 242 g/mol. The van der Waals surface area contributed by atoms with Gasteiger partial charge in [-0.15, -0.1) is 0 Å². The van der Waals surface area contributed by atoms with Crippen LogP contribution in [0.2, 0.25) is 0 Å². The van der Waals surface area contributed by atoms with Crippen molar-refractivity contribution in [3.8, 4) is 0 Å². The summed E-state index contributed by atoms with van der Waals surface area (Å²) in [6.45, 7) is 4.07. The van der Waals surface area contributed by atoms with Crippen molar-refractivity contribution < 1.29 is 14.7 Å². The molecule has 1 aromatic carbocycles. The second-order valence-electron chi connectivity index (χ2n) is 4.54. The molecule has 2 N–H and O–H groups in total. The van der Waals surface area contributed by atoms with Crippen LogP contribution >= 0.6 is 0 Å². The molecule has 104 valence electrons. The van der Waals surface area contributed by atoms with Gasteiger partial charge in [0, 0.05) is 12.5 Å². The summed E-state index contributed by atoms with van der Waals surface area (Å²) >= 11 is 0. The Morgan fingerprint density at radius 2 is 1.84 bits per heavy atom. The molecule has 4 heteroatoms. The van der Waals surface area contributed by atoms with E-state index in [4.69, 9.17) is 5.11 Å². The van der Waals surface area contributed by atoms with Crippen LogP contribution in [0, 0.1) is 0 Å². The zero-order valence-electron chi connectivity index (χ0n) is 11.5. The quantitative estimate of drug-likeness (QED) is 0.794. The highest BCUT2D eigenvalue weighted by Crippen LogP contribution is 2.11. The molecule has 1 amide bonds. The van der Waals surface area contributed by atoms with Crippen LogP contribution in [0.1, 0.15) is 49.0 Å². The van der Waals surface area contributed by atoms with Gasteiger partial charge in [0.05, 0.1) is 5.56 Å². The molecule has 1 rings (SSSR count). The number of carboxylic acids is 1. The van der Waals surface area contributed by atoms with Gasteiger partial charge < -0.3 is 10.4 Å². The Bertz CT molecular complexity index is 439. The van der Waals surface area contributed by atoms with Crippen LogP contribution in [0.5, 0.6) is 0 Å². The molecule has 0 aliphatic carbocycles. The number of carbonyl (C=O) groups is 2. The minimum absolute atomic E-state index is 0.0195. The molecule has 0 aromatic heterocycles. The lowest BCUT2D eigenvalue weighted by Gasteiger charge is -2.14. The predicted octanol–water partition coefficient (Wildman–Crippen LogP) is 2.62. The fourth-order valence-corrected chi connectivity index (χ4v) is 1.99. The first-order valence-corrected chi connectivity index (χ1v) is 6.69. The highest BCUT2D eigenvalue weighted by molar-refractivity contribution is 5.89. The van der Waals surface area contributed by atoms with E-state index in [1.165, 1.54) is 0 Å². The highest BCUT2D eigenvalue weighted by atomic mass is 16.4. The van der Waals surface area contributed by atoms with Crippen molar-refractivity contribution in [1.82, 2.24) is 5.32 Å². The zero-order chi connectivity index (χ0) is 14.3. The van der Waals surface area contributed by atoms with Gasteiger partial charge >= 0.3 is 5.97 Å². The van der Waals surface area contributed by atoms with E-state index in [-0.39, 0.29) is 17.5 Å². The standard InChI is InChI=1S/C15H21NO3/c1-3-12(4-2)16-14(17)10-9-11-7-5-6-8-13(11)15(18)19/h5-8,12H,3-4,9-10H2,1-2H3,(H,16,17)(H,18,19). The monoisotopic (exact) mass is 263 g/mol. The van der Waals surface area contributed by atoms with E-state index in [0.717, 1.165) is 12.8 Å². The van der Waals surface area contributed by atoms with Gasteiger partial charge in [-0.2, -0.15) is 0 Å². The number of hydrogen-bond donors (Lipinski definition) is 2. The van der Waals surface area contributed by atoms with Gasteiger partial charge in [0.2, 0.25) is 5.91 Å². The van der Waals surface area contributed by atoms with Gasteiger partial charge in [0.15, 0.2) is 0 Å². The molecule has 0 bridgehead atoms. The molecule has 0 unspecified atom stereocenters. The van der Waals surface area contributed by atoms with Crippen molar-refractivity contribution >= 4 is 11.9 Å². The summed E-state index contributed by atoms with van der Waals surface area (Å²) < 4.78 is 0. The Balaban J connectivity index is 2.57. The summed E-state index contributed by atoms with van der Waals surface area (Å²) in [5.41, 5.74) is 0.979. The number of rotatable bonds is 7. The fourth-order valence-electron chi connectivity index (χ4n) is 1.99. The molecule has 4 nitrogen and oxygen atoms in total. The Morgan fingerprint density at radius 1 is 1.21 bits per heavy atom. The molecule has 0 radical (unpaired) electrons. The molecule has 1 aromatic rings. The van der Waals surface area contributed by atoms with E-state index in [1.807, 2.05) is 13.8 Å². The highest BCUT2D eigenvalue weighted by Gasteiger charge is 2.12. The second kappa shape index (κ2) is 7.56. The minimum atomic E-state index is -0.948. The number of benzene rings is 1. The SMILES string of the molecule is CCC(CC)NC(=O)CCc1ccccc1C(=O)O. The summed E-state index contributed by atoms with van der Waals surface area (Å²) in [6, 6.07) is 7.02. The van der Waals surface area contributed by atoms with Crippen LogP contribution in [0.25, 0.3) is 0 Å². The van der Waals surface area contributed by atoms with Crippen molar-refractivity contribution in [2.75, 3.05) is 0 Å². The Kier molecular flexibility index (Phi) is 6.06. The Hall–Kier alpha value is -1.84. The summed E-state index contributed by atoms with van der Waals surface area (Å²) in [4.78, 5) is 22.8. The lowest BCUT2D eigenvalue weighted by molar-refractivity contribution is -0.121. The molecule has 19 heavy (non-hydrogen) atoms. The molecule has 0 saturated carbocycles. The topological polar surface area (TPSA) is 66.4 Å². The van der Waals surface area contributed by atoms with Gasteiger partial charge in [-0.05, 0) is 30.9 Å². The molecule has 0 aliphatic heterocycles. The molecule has 0 aliphatic rings. The number of carboxylic acid groups (broad SMARTS) is 1. The normalized spacial score (nSPS) is 10.5. The van der Waals surface area contributed by atoms with Crippen LogP contribution in [-0.4, -0.2) is 23.0 Å². The number of aryl methyl sites for hydroxylation is 1. The summed E-state index contributed by atoms with van der Waals surface area (Å²) in [6.07, 6.45) is 2.59. The number of nitrogens with one attached hydrogen (secondary N) is 1. The number of carbonyl (C=O) groups excluding carboxylic acids is 1. The lowest BCUT2D eigenvalue weighted by Crippen LogP contribution is -2.33. The first kappa shape index (κ1) is 15.2. The van der Waals surface area contributed by atoms with Crippen molar-refractivity contribution in [3.63, 3.8) is 0 Å². The van der Waals surface area contributed by atoms with E-state index in [9.17, 15) is 9.59 Å². The number of amides is 1. The number of aromatic carboxylic acids is 1. The third-order valence-electron chi connectivity index (χ3n) is 3.22. The van der Waals surface area contributed by atoms with E-state index >= 15 is 0 Å². The average Bonchev–Trinajstić information content (AvgIpc) is 2.42. The Morgan fingerprint density at radius 3 is 2.42 bits per heavy atom. The minimum Gasteiger partial charge on any atom is -0.478 e. The van der Waals surface area contributed by atoms with Crippen molar-refractivity contribution in [1.29, 1.82) is 0 Å². The van der Waals surface area contributed by atoms with E-state index in [1.54, 1.807) is 24.3 Å². The van der Waals surface area contributed by atoms with Crippen molar-refractivity contribution in [3.05, 3.63) is 35.4 Å². The zero-order valence-corrected chi connectivity index (χ0v) is 11.5. The van der Waals surface area contributed by atoms with Crippen LogP contribution < -0.4 is 5.32 Å². The summed E-state index contributed by atoms with van der Waals surface area (Å²) in [5.74, 6) is -0.968. The fraction of sp³-hybridized carbons (Fsp3) is 0.467. The maximum Gasteiger partial charge on any atom is 0.335 e. The average molecular weight is 263 g/mol. The molecule has 0 spiro atoms. The molecule has 0 atom stereocenters. The van der Waals surface area contributed by atoms with Gasteiger partial charge in [0.25, 0.3) is 0 Å². The van der Waals surface area contributed by atoms with Gasteiger partial charge in [0.1, 0.15) is 0 Å². The predicted molar refractivity (Wildman–Crippen MR) is 74.2 cm³/mol. The maximum atomic E-state index is 11.8. The van der Waals surface area contributed by atoms with E-state index in [0.29, 0.717) is 18.4 Å². The Labute approximate surface area is 113 Å². The summed E-state index contributed by atoms with van der Waals surface area (Å²) in [7, 11) is 0. The molecular formula is C15H21NO3. The molecule has 0 saturated heterocycles. The molecule has 0 heterocycles. The maximum absolute atomic E-state index is 11.8. The van der Waals surface area contributed by atoms with E-state index in [2.05, 4.69) is 5.32 Å². The van der Waals surface area contributed by atoms with Crippen molar-refractivity contribution in [2.24, 2.45) is 0 Å². The van der Waals surface area contributed by atoms with Crippen LogP contribution in [0.3, 0.4) is 0 Å². The van der Waals surface area contributed by atoms with Gasteiger partial charge in [-0.25, -0.2) is 4.79 Å². The smallest absolute Gasteiger partial charge is 0.335 e. The van der Waals surface area contributed by atoms with Gasteiger partial charge in [-0.3, -0.25) is 4.79 Å². The third kappa shape index (κ3) is 4.73. The van der Waals surface area contributed by atoms with Crippen LogP contribution in [-0.2, 0) is 11.2 Å². The van der Waals surface area contributed by atoms with E-state index < -0.39 is 5.97 Å². The second-order valence-corrected chi connectivity index (χ2v) is 4.54. The third-order valence-corrected chi connectivity index (χ3v) is 3.22. The first-order valence-electron chi connectivity index (χ1n) is 6.69. The molecule has 0 fully saturated rings. The lowest BCUT2D eigenvalue weighted by atomic mass is 10.0. The van der Waals surface area contributed by atoms with Crippen LogP contribution in [0.15, 0.2) is 24.3 Å². The van der Waals surface area contributed by atoms with Crippen LogP contribution in [0.4, 0.5) is 0 Å². The van der Waals surface area contributed by atoms with Crippen molar-refractivity contribution in [2.45, 2.75) is 45.6 Å². The summed E-state index contributed by atoms with van der Waals surface area (Å²) in [5, 5.41) is 12.0. The van der Waals surface area contributed by atoms with Gasteiger partial charge in [-0.1, -0.05) is 32.0 Å². The first-order chi connectivity index (χ1) is 9.08.